The number of halogens is 2. The van der Waals surface area contributed by atoms with Gasteiger partial charge in [0.25, 0.3) is 0 Å². The molecule has 1 unspecified atom stereocenters. The van der Waals surface area contributed by atoms with Gasteiger partial charge in [-0.05, 0) is 30.0 Å². The molecular formula is C14H20BrClO. The van der Waals surface area contributed by atoms with Crippen molar-refractivity contribution in [2.45, 2.75) is 27.7 Å². The Morgan fingerprint density at radius 3 is 2.53 bits per heavy atom. The van der Waals surface area contributed by atoms with Crippen LogP contribution in [0.2, 0.25) is 5.02 Å². The van der Waals surface area contributed by atoms with Gasteiger partial charge in [0.15, 0.2) is 0 Å². The Labute approximate surface area is 118 Å². The highest BCUT2D eigenvalue weighted by Gasteiger charge is 2.24. The first-order valence-electron chi connectivity index (χ1n) is 5.79. The normalized spacial score (nSPS) is 13.5. The smallest absolute Gasteiger partial charge is 0.138 e. The minimum Gasteiger partial charge on any atom is -0.492 e. The quantitative estimate of drug-likeness (QED) is 0.703. The molecule has 0 aromatic heterocycles. The molecular weight excluding hydrogens is 300 g/mol. The van der Waals surface area contributed by atoms with E-state index in [9.17, 15) is 0 Å². The van der Waals surface area contributed by atoms with E-state index in [2.05, 4.69) is 36.7 Å². The molecule has 96 valence electrons. The molecule has 0 aliphatic carbocycles. The van der Waals surface area contributed by atoms with Crippen molar-refractivity contribution in [1.82, 2.24) is 0 Å². The zero-order chi connectivity index (χ0) is 13.1. The van der Waals surface area contributed by atoms with E-state index in [4.69, 9.17) is 16.3 Å². The van der Waals surface area contributed by atoms with Crippen LogP contribution in [0.25, 0.3) is 0 Å². The Morgan fingerprint density at radius 1 is 1.35 bits per heavy atom. The molecule has 0 heterocycles. The van der Waals surface area contributed by atoms with Gasteiger partial charge in [-0.2, -0.15) is 0 Å². The average molecular weight is 320 g/mol. The standard InChI is InChI=1S/C14H20BrClO/c1-10-5-6-12(16)13(7-10)17-9-11(8-15)14(2,3)4/h5-7,11H,8-9H2,1-4H3. The number of rotatable bonds is 4. The van der Waals surface area contributed by atoms with Gasteiger partial charge in [0.2, 0.25) is 0 Å². The first-order chi connectivity index (χ1) is 7.84. The lowest BCUT2D eigenvalue weighted by molar-refractivity contribution is 0.166. The highest BCUT2D eigenvalue weighted by Crippen LogP contribution is 2.30. The van der Waals surface area contributed by atoms with Gasteiger partial charge in [0, 0.05) is 11.2 Å². The Hall–Kier alpha value is -0.210. The summed E-state index contributed by atoms with van der Waals surface area (Å²) in [6, 6.07) is 5.85. The van der Waals surface area contributed by atoms with Crippen LogP contribution in [0.5, 0.6) is 5.75 Å². The monoisotopic (exact) mass is 318 g/mol. The maximum absolute atomic E-state index is 6.10. The summed E-state index contributed by atoms with van der Waals surface area (Å²) >= 11 is 9.65. The fourth-order valence-corrected chi connectivity index (χ4v) is 2.77. The number of ether oxygens (including phenoxy) is 1. The van der Waals surface area contributed by atoms with Gasteiger partial charge in [-0.15, -0.1) is 0 Å². The fourth-order valence-electron chi connectivity index (χ4n) is 1.44. The van der Waals surface area contributed by atoms with E-state index in [1.165, 1.54) is 0 Å². The molecule has 0 radical (unpaired) electrons. The summed E-state index contributed by atoms with van der Waals surface area (Å²) in [4.78, 5) is 0. The molecule has 0 fully saturated rings. The topological polar surface area (TPSA) is 9.23 Å². The van der Waals surface area contributed by atoms with E-state index >= 15 is 0 Å². The first kappa shape index (κ1) is 14.8. The van der Waals surface area contributed by atoms with Crippen LogP contribution in [0.3, 0.4) is 0 Å². The van der Waals surface area contributed by atoms with Crippen LogP contribution in [0, 0.1) is 18.3 Å². The van der Waals surface area contributed by atoms with E-state index < -0.39 is 0 Å². The van der Waals surface area contributed by atoms with Gasteiger partial charge >= 0.3 is 0 Å². The van der Waals surface area contributed by atoms with Crippen LogP contribution in [-0.2, 0) is 0 Å². The second-order valence-electron chi connectivity index (χ2n) is 5.46. The van der Waals surface area contributed by atoms with Crippen molar-refractivity contribution in [2.24, 2.45) is 11.3 Å². The molecule has 1 nitrogen and oxygen atoms in total. The minimum atomic E-state index is 0.222. The van der Waals surface area contributed by atoms with E-state index in [0.717, 1.165) is 16.6 Å². The fraction of sp³-hybridized carbons (Fsp3) is 0.571. The summed E-state index contributed by atoms with van der Waals surface area (Å²) in [5.41, 5.74) is 1.38. The van der Waals surface area contributed by atoms with E-state index in [1.54, 1.807) is 0 Å². The van der Waals surface area contributed by atoms with Crippen molar-refractivity contribution < 1.29 is 4.74 Å². The summed E-state index contributed by atoms with van der Waals surface area (Å²) < 4.78 is 5.84. The lowest BCUT2D eigenvalue weighted by atomic mass is 9.83. The third-order valence-corrected chi connectivity index (χ3v) is 4.03. The highest BCUT2D eigenvalue weighted by atomic mass is 79.9. The van der Waals surface area contributed by atoms with Gasteiger partial charge in [-0.3, -0.25) is 0 Å². The van der Waals surface area contributed by atoms with Crippen LogP contribution >= 0.6 is 27.5 Å². The molecule has 1 atom stereocenters. The second kappa shape index (κ2) is 6.10. The van der Waals surface area contributed by atoms with Crippen LogP contribution in [0.15, 0.2) is 18.2 Å². The lowest BCUT2D eigenvalue weighted by Gasteiger charge is -2.29. The predicted octanol–water partition coefficient (Wildman–Crippen LogP) is 5.08. The minimum absolute atomic E-state index is 0.222. The SMILES string of the molecule is Cc1ccc(Cl)c(OCC(CBr)C(C)(C)C)c1. The number of aryl methyl sites for hydroxylation is 1. The van der Waals surface area contributed by atoms with Crippen LogP contribution in [0.1, 0.15) is 26.3 Å². The number of alkyl halides is 1. The molecule has 1 rings (SSSR count). The first-order valence-corrected chi connectivity index (χ1v) is 7.29. The lowest BCUT2D eigenvalue weighted by Crippen LogP contribution is -2.27. The molecule has 0 aliphatic heterocycles. The molecule has 3 heteroatoms. The zero-order valence-electron chi connectivity index (χ0n) is 10.9. The van der Waals surface area contributed by atoms with Crippen molar-refractivity contribution in [3.63, 3.8) is 0 Å². The summed E-state index contributed by atoms with van der Waals surface area (Å²) in [7, 11) is 0. The zero-order valence-corrected chi connectivity index (χ0v) is 13.2. The molecule has 0 saturated heterocycles. The molecule has 17 heavy (non-hydrogen) atoms. The van der Waals surface area contributed by atoms with Crippen LogP contribution in [0.4, 0.5) is 0 Å². The highest BCUT2D eigenvalue weighted by molar-refractivity contribution is 9.09. The summed E-state index contributed by atoms with van der Waals surface area (Å²) in [6.45, 7) is 9.38. The predicted molar refractivity (Wildman–Crippen MR) is 78.4 cm³/mol. The maximum Gasteiger partial charge on any atom is 0.138 e. The van der Waals surface area contributed by atoms with Gasteiger partial charge in [0.1, 0.15) is 5.75 Å². The van der Waals surface area contributed by atoms with Gasteiger partial charge in [-0.1, -0.05) is 54.4 Å². The maximum atomic E-state index is 6.10. The number of hydrogen-bond acceptors (Lipinski definition) is 1. The molecule has 1 aromatic rings. The van der Waals surface area contributed by atoms with E-state index in [1.807, 2.05) is 25.1 Å². The Morgan fingerprint density at radius 2 is 2.00 bits per heavy atom. The van der Waals surface area contributed by atoms with Crippen molar-refractivity contribution in [2.75, 3.05) is 11.9 Å². The van der Waals surface area contributed by atoms with Gasteiger partial charge < -0.3 is 4.74 Å². The largest absolute Gasteiger partial charge is 0.492 e. The van der Waals surface area contributed by atoms with E-state index in [0.29, 0.717) is 17.5 Å². The number of benzene rings is 1. The Bertz CT molecular complexity index is 371. The Balaban J connectivity index is 2.69. The molecule has 1 aromatic carbocycles. The number of hydrogen-bond donors (Lipinski definition) is 0. The van der Waals surface area contributed by atoms with E-state index in [-0.39, 0.29) is 5.41 Å². The van der Waals surface area contributed by atoms with Gasteiger partial charge in [-0.25, -0.2) is 0 Å². The van der Waals surface area contributed by atoms with Crippen LogP contribution < -0.4 is 4.74 Å². The molecule has 0 saturated carbocycles. The summed E-state index contributed by atoms with van der Waals surface area (Å²) in [5.74, 6) is 1.24. The summed E-state index contributed by atoms with van der Waals surface area (Å²) in [6.07, 6.45) is 0. The molecule has 0 spiro atoms. The molecule has 0 aliphatic rings. The van der Waals surface area contributed by atoms with Crippen molar-refractivity contribution in [1.29, 1.82) is 0 Å². The average Bonchev–Trinajstić information content (AvgIpc) is 2.22. The van der Waals surface area contributed by atoms with Crippen molar-refractivity contribution in [3.05, 3.63) is 28.8 Å². The Kier molecular flexibility index (Phi) is 5.33. The van der Waals surface area contributed by atoms with Gasteiger partial charge in [0.05, 0.1) is 11.6 Å². The molecule has 0 amide bonds. The molecule has 0 bridgehead atoms. The third-order valence-electron chi connectivity index (χ3n) is 2.94. The van der Waals surface area contributed by atoms with Crippen molar-refractivity contribution in [3.8, 4) is 5.75 Å². The third kappa shape index (κ3) is 4.51. The molecule has 0 N–H and O–H groups in total. The van der Waals surface area contributed by atoms with Crippen LogP contribution in [-0.4, -0.2) is 11.9 Å². The summed E-state index contributed by atoms with van der Waals surface area (Å²) in [5, 5.41) is 1.61. The van der Waals surface area contributed by atoms with Crippen molar-refractivity contribution >= 4 is 27.5 Å². The second-order valence-corrected chi connectivity index (χ2v) is 6.52.